The molecule has 1 unspecified atom stereocenters. The van der Waals surface area contributed by atoms with E-state index < -0.39 is 0 Å². The number of aromatic nitrogens is 2. The van der Waals surface area contributed by atoms with Gasteiger partial charge in [-0.25, -0.2) is 0 Å². The molecule has 1 fully saturated rings. The van der Waals surface area contributed by atoms with Crippen molar-refractivity contribution in [3.05, 3.63) is 76.2 Å². The maximum atomic E-state index is 13.7. The molecule has 1 saturated heterocycles. The zero-order valence-electron chi connectivity index (χ0n) is 16.7. The Morgan fingerprint density at radius 1 is 1.28 bits per heavy atom. The van der Waals surface area contributed by atoms with E-state index in [0.717, 1.165) is 17.7 Å². The van der Waals surface area contributed by atoms with Crippen molar-refractivity contribution in [1.29, 1.82) is 0 Å². The number of carbonyl (C=O) groups is 1. The molecule has 5 nitrogen and oxygen atoms in total. The first kappa shape index (κ1) is 21.6. The standard InChI is InChI=1S/C22H26N4OS.ClH/c1-16(21-9-6-10-28-21)26(14-17-7-4-3-5-8-17)22(27)20-13-23-12-19(20)18-11-24-25(2)15-18;/h3-11,15-16,19-20,23H,12-14H2,1-2H3;1H/t16?,19-,20+;/m1./s1. The van der Waals surface area contributed by atoms with Gasteiger partial charge in [0.2, 0.25) is 5.91 Å². The molecule has 1 N–H and O–H groups in total. The van der Waals surface area contributed by atoms with Crippen LogP contribution in [0, 0.1) is 5.92 Å². The average Bonchev–Trinajstić information content (AvgIpc) is 3.46. The second-order valence-electron chi connectivity index (χ2n) is 7.46. The molecule has 4 rings (SSSR count). The molecule has 3 heterocycles. The van der Waals surface area contributed by atoms with Crippen molar-refractivity contribution in [1.82, 2.24) is 20.0 Å². The highest BCUT2D eigenvalue weighted by Gasteiger charge is 2.38. The van der Waals surface area contributed by atoms with Gasteiger partial charge in [-0.2, -0.15) is 5.10 Å². The van der Waals surface area contributed by atoms with E-state index in [1.165, 1.54) is 4.88 Å². The Bertz CT molecular complexity index is 912. The first-order chi connectivity index (χ1) is 13.6. The molecule has 1 aromatic carbocycles. The summed E-state index contributed by atoms with van der Waals surface area (Å²) in [5.41, 5.74) is 2.29. The third-order valence-corrected chi connectivity index (χ3v) is 6.63. The number of benzene rings is 1. The van der Waals surface area contributed by atoms with Crippen LogP contribution in [-0.2, 0) is 18.4 Å². The predicted molar refractivity (Wildman–Crippen MR) is 119 cm³/mol. The van der Waals surface area contributed by atoms with Crippen LogP contribution in [0.1, 0.15) is 34.9 Å². The third-order valence-electron chi connectivity index (χ3n) is 5.59. The number of carbonyl (C=O) groups excluding carboxylic acids is 1. The molecular formula is C22H27ClN4OS. The molecule has 154 valence electrons. The Morgan fingerprint density at radius 2 is 2.07 bits per heavy atom. The fraction of sp³-hybridized carbons (Fsp3) is 0.364. The van der Waals surface area contributed by atoms with Crippen molar-refractivity contribution in [2.24, 2.45) is 13.0 Å². The maximum Gasteiger partial charge on any atom is 0.228 e. The number of amides is 1. The maximum absolute atomic E-state index is 13.7. The summed E-state index contributed by atoms with van der Waals surface area (Å²) in [6.45, 7) is 4.28. The zero-order chi connectivity index (χ0) is 19.5. The number of hydrogen-bond donors (Lipinski definition) is 1. The fourth-order valence-corrected chi connectivity index (χ4v) is 4.80. The highest BCUT2D eigenvalue weighted by atomic mass is 35.5. The molecular weight excluding hydrogens is 404 g/mol. The van der Waals surface area contributed by atoms with E-state index >= 15 is 0 Å². The second-order valence-corrected chi connectivity index (χ2v) is 8.44. The van der Waals surface area contributed by atoms with E-state index in [9.17, 15) is 4.79 Å². The summed E-state index contributed by atoms with van der Waals surface area (Å²) < 4.78 is 1.81. The van der Waals surface area contributed by atoms with Crippen LogP contribution in [0.3, 0.4) is 0 Å². The molecule has 29 heavy (non-hydrogen) atoms. The van der Waals surface area contributed by atoms with Gasteiger partial charge in [-0.05, 0) is 29.5 Å². The largest absolute Gasteiger partial charge is 0.330 e. The Labute approximate surface area is 182 Å². The van der Waals surface area contributed by atoms with Crippen molar-refractivity contribution in [2.45, 2.75) is 25.4 Å². The van der Waals surface area contributed by atoms with Crippen LogP contribution in [0.4, 0.5) is 0 Å². The Morgan fingerprint density at radius 3 is 2.72 bits per heavy atom. The number of halogens is 1. The van der Waals surface area contributed by atoms with Crippen molar-refractivity contribution < 1.29 is 4.79 Å². The lowest BCUT2D eigenvalue weighted by Crippen LogP contribution is -2.39. The van der Waals surface area contributed by atoms with Gasteiger partial charge in [0, 0.05) is 43.7 Å². The van der Waals surface area contributed by atoms with Crippen LogP contribution in [0.2, 0.25) is 0 Å². The second kappa shape index (κ2) is 9.57. The number of hydrogen-bond acceptors (Lipinski definition) is 4. The quantitative estimate of drug-likeness (QED) is 0.643. The minimum Gasteiger partial charge on any atom is -0.330 e. The molecule has 0 saturated carbocycles. The summed E-state index contributed by atoms with van der Waals surface area (Å²) in [4.78, 5) is 17.0. The molecule has 1 aliphatic heterocycles. The molecule has 0 aliphatic carbocycles. The number of thiophene rings is 1. The molecule has 3 atom stereocenters. The van der Waals surface area contributed by atoms with E-state index in [1.54, 1.807) is 11.3 Å². The highest BCUT2D eigenvalue weighted by molar-refractivity contribution is 7.10. The van der Waals surface area contributed by atoms with Crippen LogP contribution >= 0.6 is 23.7 Å². The molecule has 0 radical (unpaired) electrons. The summed E-state index contributed by atoms with van der Waals surface area (Å²) >= 11 is 1.71. The summed E-state index contributed by atoms with van der Waals surface area (Å²) in [6, 6.07) is 14.5. The summed E-state index contributed by atoms with van der Waals surface area (Å²) in [5.74, 6) is 0.300. The predicted octanol–water partition coefficient (Wildman–Crippen LogP) is 4.00. The topological polar surface area (TPSA) is 50.2 Å². The summed E-state index contributed by atoms with van der Waals surface area (Å²) in [7, 11) is 1.92. The SMILES string of the molecule is CC(c1cccs1)N(Cc1ccccc1)C(=O)[C@H]1CNC[C@@H]1c1cnn(C)c1.Cl. The lowest BCUT2D eigenvalue weighted by molar-refractivity contribution is -0.138. The number of nitrogens with one attached hydrogen (secondary N) is 1. The average molecular weight is 431 g/mol. The number of aryl methyl sites for hydroxylation is 1. The van der Waals surface area contributed by atoms with Crippen molar-refractivity contribution in [3.8, 4) is 0 Å². The molecule has 1 amide bonds. The van der Waals surface area contributed by atoms with Crippen molar-refractivity contribution in [2.75, 3.05) is 13.1 Å². The molecule has 1 aliphatic rings. The van der Waals surface area contributed by atoms with Gasteiger partial charge in [0.05, 0.1) is 18.2 Å². The van der Waals surface area contributed by atoms with E-state index in [4.69, 9.17) is 0 Å². The van der Waals surface area contributed by atoms with Crippen LogP contribution < -0.4 is 5.32 Å². The Kier molecular flexibility index (Phi) is 7.11. The highest BCUT2D eigenvalue weighted by Crippen LogP contribution is 2.34. The van der Waals surface area contributed by atoms with E-state index in [1.807, 2.05) is 47.2 Å². The number of nitrogens with zero attached hydrogens (tertiary/aromatic N) is 3. The minimum atomic E-state index is -0.0738. The smallest absolute Gasteiger partial charge is 0.228 e. The molecule has 0 spiro atoms. The van der Waals surface area contributed by atoms with Gasteiger partial charge in [0.15, 0.2) is 0 Å². The monoisotopic (exact) mass is 430 g/mol. The van der Waals surface area contributed by atoms with Gasteiger partial charge in [-0.15, -0.1) is 23.7 Å². The van der Waals surface area contributed by atoms with Crippen LogP contribution in [-0.4, -0.2) is 33.7 Å². The molecule has 7 heteroatoms. The van der Waals surface area contributed by atoms with E-state index in [0.29, 0.717) is 13.1 Å². The van der Waals surface area contributed by atoms with Gasteiger partial charge in [0.1, 0.15) is 0 Å². The Hall–Kier alpha value is -2.15. The Balaban J connectivity index is 0.00000240. The van der Waals surface area contributed by atoms with Gasteiger partial charge < -0.3 is 10.2 Å². The van der Waals surface area contributed by atoms with Crippen LogP contribution in [0.5, 0.6) is 0 Å². The summed E-state index contributed by atoms with van der Waals surface area (Å²) in [6.07, 6.45) is 3.92. The first-order valence-corrected chi connectivity index (χ1v) is 10.6. The van der Waals surface area contributed by atoms with E-state index in [2.05, 4.69) is 47.0 Å². The fourth-order valence-electron chi connectivity index (χ4n) is 4.00. The third kappa shape index (κ3) is 4.71. The van der Waals surface area contributed by atoms with Crippen molar-refractivity contribution in [3.63, 3.8) is 0 Å². The normalized spacial score (nSPS) is 19.5. The lowest BCUT2D eigenvalue weighted by Gasteiger charge is -2.32. The zero-order valence-corrected chi connectivity index (χ0v) is 18.3. The van der Waals surface area contributed by atoms with Gasteiger partial charge in [0.25, 0.3) is 0 Å². The molecule has 0 bridgehead atoms. The lowest BCUT2D eigenvalue weighted by atomic mass is 9.89. The minimum absolute atomic E-state index is 0. The summed E-state index contributed by atoms with van der Waals surface area (Å²) in [5, 5.41) is 9.81. The van der Waals surface area contributed by atoms with E-state index in [-0.39, 0.29) is 36.2 Å². The van der Waals surface area contributed by atoms with Gasteiger partial charge in [-0.3, -0.25) is 9.48 Å². The first-order valence-electron chi connectivity index (χ1n) is 9.70. The van der Waals surface area contributed by atoms with Crippen molar-refractivity contribution >= 4 is 29.7 Å². The number of rotatable bonds is 6. The molecule has 3 aromatic rings. The molecule has 2 aromatic heterocycles. The van der Waals surface area contributed by atoms with Crippen LogP contribution in [0.15, 0.2) is 60.2 Å². The van der Waals surface area contributed by atoms with Gasteiger partial charge in [-0.1, -0.05) is 36.4 Å². The van der Waals surface area contributed by atoms with Crippen LogP contribution in [0.25, 0.3) is 0 Å². The van der Waals surface area contributed by atoms with Gasteiger partial charge >= 0.3 is 0 Å².